The first-order valence-corrected chi connectivity index (χ1v) is 8.13. The van der Waals surface area contributed by atoms with Crippen LogP contribution in [-0.4, -0.2) is 7.05 Å². The molecule has 1 nitrogen and oxygen atoms in total. The summed E-state index contributed by atoms with van der Waals surface area (Å²) in [5.74, 6) is -0.226. The molecule has 0 aromatic heterocycles. The van der Waals surface area contributed by atoms with Gasteiger partial charge < -0.3 is 5.32 Å². The number of hydrogen-bond acceptors (Lipinski definition) is 1. The van der Waals surface area contributed by atoms with Gasteiger partial charge in [0.05, 0.1) is 6.04 Å². The van der Waals surface area contributed by atoms with Crippen molar-refractivity contribution in [3.63, 3.8) is 0 Å². The van der Waals surface area contributed by atoms with Crippen molar-refractivity contribution in [2.75, 3.05) is 7.05 Å². The fourth-order valence-electron chi connectivity index (χ4n) is 2.74. The average Bonchev–Trinajstić information content (AvgIpc) is 2.49. The van der Waals surface area contributed by atoms with E-state index in [0.29, 0.717) is 0 Å². The van der Waals surface area contributed by atoms with Crippen LogP contribution in [-0.2, 0) is 12.8 Å². The molecule has 0 heterocycles. The molecule has 0 saturated heterocycles. The molecule has 0 radical (unpaired) electrons. The molecule has 112 valence electrons. The van der Waals surface area contributed by atoms with Crippen molar-refractivity contribution in [1.82, 2.24) is 5.32 Å². The highest BCUT2D eigenvalue weighted by atomic mass is 79.9. The van der Waals surface area contributed by atoms with Gasteiger partial charge in [0, 0.05) is 4.47 Å². The monoisotopic (exact) mass is 349 g/mol. The van der Waals surface area contributed by atoms with Crippen molar-refractivity contribution >= 4 is 15.9 Å². The predicted octanol–water partition coefficient (Wildman–Crippen LogP) is 5.02. The van der Waals surface area contributed by atoms with Crippen molar-refractivity contribution in [3.05, 3.63) is 68.9 Å². The number of hydrogen-bond donors (Lipinski definition) is 1. The van der Waals surface area contributed by atoms with Gasteiger partial charge in [-0.2, -0.15) is 0 Å². The lowest BCUT2D eigenvalue weighted by Gasteiger charge is -2.20. The summed E-state index contributed by atoms with van der Waals surface area (Å²) < 4.78 is 14.1. The first-order valence-electron chi connectivity index (χ1n) is 7.34. The lowest BCUT2D eigenvalue weighted by Crippen LogP contribution is -2.18. The summed E-state index contributed by atoms with van der Waals surface area (Å²) in [5.41, 5.74) is 5.03. The smallest absolute Gasteiger partial charge is 0.124 e. The summed E-state index contributed by atoms with van der Waals surface area (Å²) in [6, 6.07) is 11.5. The largest absolute Gasteiger partial charge is 0.309 e. The Kier molecular flexibility index (Phi) is 5.54. The van der Waals surface area contributed by atoms with Crippen molar-refractivity contribution in [2.24, 2.45) is 0 Å². The number of aryl methyl sites for hydroxylation is 2. The summed E-state index contributed by atoms with van der Waals surface area (Å²) in [7, 11) is 1.93. The molecule has 2 rings (SSSR count). The summed E-state index contributed by atoms with van der Waals surface area (Å²) >= 11 is 3.47. The van der Waals surface area contributed by atoms with Crippen LogP contribution in [0.15, 0.2) is 40.9 Å². The zero-order valence-corrected chi connectivity index (χ0v) is 14.3. The SMILES string of the molecule is CCc1ccc(C(NC)c2ccc(F)cc2Br)cc1CC. The Morgan fingerprint density at radius 2 is 1.76 bits per heavy atom. The Balaban J connectivity index is 2.46. The Morgan fingerprint density at radius 1 is 1.05 bits per heavy atom. The second kappa shape index (κ2) is 7.19. The van der Waals surface area contributed by atoms with E-state index in [-0.39, 0.29) is 11.9 Å². The van der Waals surface area contributed by atoms with Crippen molar-refractivity contribution < 1.29 is 4.39 Å². The van der Waals surface area contributed by atoms with Crippen LogP contribution >= 0.6 is 15.9 Å². The molecule has 0 aliphatic carbocycles. The standard InChI is InChI=1S/C18H21BrFN/c1-4-12-6-7-14(10-13(12)5-2)18(21-3)16-9-8-15(20)11-17(16)19/h6-11,18,21H,4-5H2,1-3H3. The van der Waals surface area contributed by atoms with E-state index in [0.717, 1.165) is 22.9 Å². The molecule has 1 N–H and O–H groups in total. The van der Waals surface area contributed by atoms with Crippen molar-refractivity contribution in [3.8, 4) is 0 Å². The molecular weight excluding hydrogens is 329 g/mol. The first-order chi connectivity index (χ1) is 10.1. The van der Waals surface area contributed by atoms with Gasteiger partial charge in [-0.05, 0) is 54.3 Å². The maximum atomic E-state index is 13.3. The minimum Gasteiger partial charge on any atom is -0.309 e. The van der Waals surface area contributed by atoms with Crippen LogP contribution < -0.4 is 5.32 Å². The van der Waals surface area contributed by atoms with E-state index in [2.05, 4.69) is 53.3 Å². The van der Waals surface area contributed by atoms with Crippen LogP contribution in [0.1, 0.15) is 42.1 Å². The van der Waals surface area contributed by atoms with E-state index in [1.165, 1.54) is 28.8 Å². The highest BCUT2D eigenvalue weighted by Gasteiger charge is 2.16. The molecule has 3 heteroatoms. The maximum absolute atomic E-state index is 13.3. The van der Waals surface area contributed by atoms with Gasteiger partial charge in [-0.15, -0.1) is 0 Å². The van der Waals surface area contributed by atoms with Crippen LogP contribution in [0.4, 0.5) is 4.39 Å². The Hall–Kier alpha value is -1.19. The lowest BCUT2D eigenvalue weighted by atomic mass is 9.93. The highest BCUT2D eigenvalue weighted by molar-refractivity contribution is 9.10. The zero-order chi connectivity index (χ0) is 15.4. The van der Waals surface area contributed by atoms with Crippen molar-refractivity contribution in [1.29, 1.82) is 0 Å². The third kappa shape index (κ3) is 3.53. The second-order valence-corrected chi connectivity index (χ2v) is 5.98. The molecule has 0 aliphatic rings. The Bertz CT molecular complexity index is 625. The second-order valence-electron chi connectivity index (χ2n) is 5.12. The molecule has 2 aromatic rings. The Morgan fingerprint density at radius 3 is 2.33 bits per heavy atom. The van der Waals surface area contributed by atoms with E-state index in [1.54, 1.807) is 0 Å². The van der Waals surface area contributed by atoms with E-state index in [4.69, 9.17) is 0 Å². The molecule has 0 aliphatic heterocycles. The third-order valence-corrected chi connectivity index (χ3v) is 4.57. The highest BCUT2D eigenvalue weighted by Crippen LogP contribution is 2.30. The van der Waals surface area contributed by atoms with Gasteiger partial charge in [-0.1, -0.05) is 54.0 Å². The molecule has 0 saturated carbocycles. The molecule has 0 spiro atoms. The van der Waals surface area contributed by atoms with Gasteiger partial charge in [-0.25, -0.2) is 4.39 Å². The number of rotatable bonds is 5. The molecule has 0 fully saturated rings. The van der Waals surface area contributed by atoms with Gasteiger partial charge in [0.25, 0.3) is 0 Å². The van der Waals surface area contributed by atoms with Gasteiger partial charge in [0.15, 0.2) is 0 Å². The predicted molar refractivity (Wildman–Crippen MR) is 90.2 cm³/mol. The molecular formula is C18H21BrFN. The molecule has 0 amide bonds. The zero-order valence-electron chi connectivity index (χ0n) is 12.7. The van der Waals surface area contributed by atoms with Gasteiger partial charge >= 0.3 is 0 Å². The van der Waals surface area contributed by atoms with E-state index in [9.17, 15) is 4.39 Å². The molecule has 0 bridgehead atoms. The average molecular weight is 350 g/mol. The van der Waals surface area contributed by atoms with E-state index in [1.807, 2.05) is 13.1 Å². The van der Waals surface area contributed by atoms with Crippen LogP contribution in [0.2, 0.25) is 0 Å². The number of benzene rings is 2. The van der Waals surface area contributed by atoms with Gasteiger partial charge in [-0.3, -0.25) is 0 Å². The fourth-order valence-corrected chi connectivity index (χ4v) is 3.32. The summed E-state index contributed by atoms with van der Waals surface area (Å²) in [4.78, 5) is 0. The molecule has 1 atom stereocenters. The van der Waals surface area contributed by atoms with Crippen LogP contribution in [0.3, 0.4) is 0 Å². The van der Waals surface area contributed by atoms with Gasteiger partial charge in [0.2, 0.25) is 0 Å². The summed E-state index contributed by atoms with van der Waals surface area (Å²) in [6.07, 6.45) is 2.08. The topological polar surface area (TPSA) is 12.0 Å². The minimum atomic E-state index is -0.226. The molecule has 2 aromatic carbocycles. The number of nitrogens with one attached hydrogen (secondary N) is 1. The van der Waals surface area contributed by atoms with Gasteiger partial charge in [0.1, 0.15) is 5.82 Å². The quantitative estimate of drug-likeness (QED) is 0.798. The van der Waals surface area contributed by atoms with Crippen molar-refractivity contribution in [2.45, 2.75) is 32.7 Å². The third-order valence-electron chi connectivity index (χ3n) is 3.89. The van der Waals surface area contributed by atoms with Crippen LogP contribution in [0.5, 0.6) is 0 Å². The lowest BCUT2D eigenvalue weighted by molar-refractivity contribution is 0.621. The Labute approximate surface area is 134 Å². The minimum absolute atomic E-state index is 0.0520. The van der Waals surface area contributed by atoms with Crippen LogP contribution in [0.25, 0.3) is 0 Å². The summed E-state index contributed by atoms with van der Waals surface area (Å²) in [5, 5.41) is 3.33. The van der Waals surface area contributed by atoms with E-state index < -0.39 is 0 Å². The van der Waals surface area contributed by atoms with Crippen LogP contribution in [0, 0.1) is 5.82 Å². The maximum Gasteiger partial charge on any atom is 0.124 e. The van der Waals surface area contributed by atoms with E-state index >= 15 is 0 Å². The molecule has 21 heavy (non-hydrogen) atoms. The number of halogens is 2. The first kappa shape index (κ1) is 16.2. The molecule has 1 unspecified atom stereocenters. The normalized spacial score (nSPS) is 12.4. The summed E-state index contributed by atoms with van der Waals surface area (Å²) in [6.45, 7) is 4.36. The fraction of sp³-hybridized carbons (Fsp3) is 0.333.